The first-order valence-electron chi connectivity index (χ1n) is 12.5. The Morgan fingerprint density at radius 2 is 1.77 bits per heavy atom. The molecule has 2 saturated heterocycles. The van der Waals surface area contributed by atoms with Crippen molar-refractivity contribution in [3.8, 4) is 0 Å². The normalized spacial score (nSPS) is 22.3. The Morgan fingerprint density at radius 1 is 1.06 bits per heavy atom. The van der Waals surface area contributed by atoms with E-state index in [1.165, 1.54) is 13.2 Å². The topological polar surface area (TPSA) is 36.0 Å². The lowest BCUT2D eigenvalue weighted by molar-refractivity contribution is -0.141. The van der Waals surface area contributed by atoms with E-state index in [9.17, 15) is 9.18 Å². The van der Waals surface area contributed by atoms with Gasteiger partial charge in [-0.25, -0.2) is 4.39 Å². The van der Waals surface area contributed by atoms with Gasteiger partial charge in [0.15, 0.2) is 0 Å². The van der Waals surface area contributed by atoms with Crippen LogP contribution in [0.3, 0.4) is 0 Å². The molecule has 0 saturated carbocycles. The Kier molecular flexibility index (Phi) is 9.18. The highest BCUT2D eigenvalue weighted by Gasteiger charge is 2.35. The van der Waals surface area contributed by atoms with Gasteiger partial charge in [-0.05, 0) is 42.5 Å². The number of halogens is 2. The molecule has 0 amide bonds. The van der Waals surface area contributed by atoms with Crippen LogP contribution < -0.4 is 4.90 Å². The van der Waals surface area contributed by atoms with Gasteiger partial charge in [0.2, 0.25) is 0 Å². The molecule has 0 aliphatic carbocycles. The van der Waals surface area contributed by atoms with Crippen LogP contribution in [-0.2, 0) is 9.53 Å². The van der Waals surface area contributed by atoms with E-state index in [1.54, 1.807) is 6.07 Å². The summed E-state index contributed by atoms with van der Waals surface area (Å²) in [5.74, 6) is 0.0296. The van der Waals surface area contributed by atoms with Crippen LogP contribution in [0.4, 0.5) is 10.1 Å². The minimum atomic E-state index is -0.161. The highest BCUT2D eigenvalue weighted by molar-refractivity contribution is 6.31. The summed E-state index contributed by atoms with van der Waals surface area (Å²) in [6.45, 7) is 5.95. The van der Waals surface area contributed by atoms with Crippen molar-refractivity contribution in [2.75, 3.05) is 57.8 Å². The Labute approximate surface area is 213 Å². The van der Waals surface area contributed by atoms with Gasteiger partial charge in [-0.1, -0.05) is 54.1 Å². The Balaban J connectivity index is 1.38. The number of hydrogen-bond acceptors (Lipinski definition) is 5. The number of esters is 1. The fourth-order valence-corrected chi connectivity index (χ4v) is 5.70. The number of nitrogens with zero attached hydrogens (tertiary/aromatic N) is 3. The highest BCUT2D eigenvalue weighted by atomic mass is 35.5. The molecule has 2 heterocycles. The van der Waals surface area contributed by atoms with Crippen molar-refractivity contribution in [2.24, 2.45) is 5.92 Å². The molecule has 0 aromatic heterocycles. The number of anilines is 1. The zero-order valence-corrected chi connectivity index (χ0v) is 21.2. The molecule has 2 aliphatic rings. The second-order valence-corrected chi connectivity index (χ2v) is 9.93. The molecule has 2 aromatic rings. The van der Waals surface area contributed by atoms with Gasteiger partial charge < -0.3 is 9.64 Å². The predicted octanol–water partition coefficient (Wildman–Crippen LogP) is 4.87. The summed E-state index contributed by atoms with van der Waals surface area (Å²) in [7, 11) is 1.45. The average Bonchev–Trinajstić information content (AvgIpc) is 2.88. The van der Waals surface area contributed by atoms with E-state index >= 15 is 0 Å². The van der Waals surface area contributed by atoms with Gasteiger partial charge in [-0.3, -0.25) is 14.6 Å². The van der Waals surface area contributed by atoms with E-state index in [4.69, 9.17) is 16.3 Å². The van der Waals surface area contributed by atoms with Gasteiger partial charge in [-0.2, -0.15) is 0 Å². The Bertz CT molecular complexity index is 995. The largest absolute Gasteiger partial charge is 0.469 e. The van der Waals surface area contributed by atoms with Crippen molar-refractivity contribution < 1.29 is 13.9 Å². The predicted molar refractivity (Wildman–Crippen MR) is 140 cm³/mol. The van der Waals surface area contributed by atoms with Crippen LogP contribution in [0.1, 0.15) is 24.8 Å². The van der Waals surface area contributed by atoms with Gasteiger partial charge in [0.1, 0.15) is 5.82 Å². The Morgan fingerprint density at radius 3 is 2.49 bits per heavy atom. The molecule has 2 fully saturated rings. The molecule has 5 nitrogen and oxygen atoms in total. The lowest BCUT2D eigenvalue weighted by Crippen LogP contribution is -2.57. The fourth-order valence-electron chi connectivity index (χ4n) is 5.40. The van der Waals surface area contributed by atoms with E-state index in [1.807, 2.05) is 36.4 Å². The average molecular weight is 500 g/mol. The molecule has 4 rings (SSSR count). The second-order valence-electron chi connectivity index (χ2n) is 9.44. The maximum atomic E-state index is 14.3. The third kappa shape index (κ3) is 7.06. The number of hydrogen-bond donors (Lipinski definition) is 0. The minimum Gasteiger partial charge on any atom is -0.469 e. The third-order valence-electron chi connectivity index (χ3n) is 7.20. The quantitative estimate of drug-likeness (QED) is 0.484. The molecule has 0 spiro atoms. The van der Waals surface area contributed by atoms with Crippen molar-refractivity contribution in [3.63, 3.8) is 0 Å². The fraction of sp³-hybridized carbons (Fsp3) is 0.464. The maximum absolute atomic E-state index is 14.3. The molecule has 2 atom stereocenters. The number of para-hydroxylation sites is 1. The first kappa shape index (κ1) is 25.7. The van der Waals surface area contributed by atoms with E-state index in [2.05, 4.69) is 26.8 Å². The van der Waals surface area contributed by atoms with Crippen molar-refractivity contribution in [3.05, 3.63) is 71.0 Å². The molecular weight excluding hydrogens is 465 g/mol. The van der Waals surface area contributed by atoms with Crippen molar-refractivity contribution >= 4 is 29.3 Å². The first-order valence-corrected chi connectivity index (χ1v) is 12.8. The number of likely N-dealkylation sites (tertiary alicyclic amines) is 1. The van der Waals surface area contributed by atoms with Gasteiger partial charge in [0.05, 0.1) is 12.8 Å². The third-order valence-corrected chi connectivity index (χ3v) is 7.43. The summed E-state index contributed by atoms with van der Waals surface area (Å²) in [6.07, 6.45) is 4.27. The number of carbonyl (C=O) groups is 1. The molecule has 2 aliphatic heterocycles. The summed E-state index contributed by atoms with van der Waals surface area (Å²) in [6, 6.07) is 17.5. The van der Waals surface area contributed by atoms with Crippen LogP contribution in [-0.4, -0.2) is 74.7 Å². The van der Waals surface area contributed by atoms with Gasteiger partial charge in [0, 0.05) is 63.3 Å². The number of methoxy groups -OCH3 is 1. The lowest BCUT2D eigenvalue weighted by Gasteiger charge is -2.47. The van der Waals surface area contributed by atoms with Crippen LogP contribution >= 0.6 is 11.6 Å². The summed E-state index contributed by atoms with van der Waals surface area (Å²) in [4.78, 5) is 19.0. The van der Waals surface area contributed by atoms with Gasteiger partial charge >= 0.3 is 5.97 Å². The molecule has 0 N–H and O–H groups in total. The van der Waals surface area contributed by atoms with Crippen molar-refractivity contribution in [2.45, 2.75) is 25.3 Å². The lowest BCUT2D eigenvalue weighted by atomic mass is 9.86. The van der Waals surface area contributed by atoms with Crippen molar-refractivity contribution in [1.29, 1.82) is 0 Å². The monoisotopic (exact) mass is 499 g/mol. The number of carbonyl (C=O) groups excluding carboxylic acids is 1. The zero-order valence-electron chi connectivity index (χ0n) is 20.4. The second kappa shape index (κ2) is 12.5. The zero-order chi connectivity index (χ0) is 24.6. The van der Waals surface area contributed by atoms with Crippen LogP contribution in [0, 0.1) is 11.7 Å². The van der Waals surface area contributed by atoms with Gasteiger partial charge in [-0.15, -0.1) is 0 Å². The van der Waals surface area contributed by atoms with Crippen LogP contribution in [0.15, 0.2) is 59.6 Å². The van der Waals surface area contributed by atoms with E-state index in [0.717, 1.165) is 62.7 Å². The molecule has 7 heteroatoms. The van der Waals surface area contributed by atoms with E-state index in [-0.39, 0.29) is 11.8 Å². The standard InChI is InChI=1S/C28H35ClFN3O2/c1-35-28(34)12-11-23-20-31(21-24(29)19-22-7-3-2-4-8-22)14-13-26(23)32-15-17-33(18-16-32)27-10-6-5-9-25(27)30/h2-10,19,23,26H,11-18,20-21H2,1H3/b24-19-/t23-,26+/m0/s1. The maximum Gasteiger partial charge on any atom is 0.305 e. The molecule has 188 valence electrons. The summed E-state index contributed by atoms with van der Waals surface area (Å²) in [5.41, 5.74) is 1.78. The molecular formula is C28H35ClFN3O2. The Hall–Kier alpha value is -2.41. The highest BCUT2D eigenvalue weighted by Crippen LogP contribution is 2.29. The molecule has 2 aromatic carbocycles. The molecule has 0 unspecified atom stereocenters. The van der Waals surface area contributed by atoms with E-state index < -0.39 is 0 Å². The van der Waals surface area contributed by atoms with Crippen LogP contribution in [0.25, 0.3) is 6.08 Å². The van der Waals surface area contributed by atoms with Gasteiger partial charge in [0.25, 0.3) is 0 Å². The van der Waals surface area contributed by atoms with Crippen LogP contribution in [0.2, 0.25) is 0 Å². The summed E-state index contributed by atoms with van der Waals surface area (Å²) in [5, 5.41) is 0.819. The SMILES string of the molecule is COC(=O)CC[C@H]1CN(C/C(Cl)=C/c2ccccc2)CC[C@H]1N1CCN(c2ccccc2F)CC1. The number of rotatable bonds is 8. The molecule has 0 radical (unpaired) electrons. The summed E-state index contributed by atoms with van der Waals surface area (Å²) < 4.78 is 19.2. The number of ether oxygens (including phenoxy) is 1. The summed E-state index contributed by atoms with van der Waals surface area (Å²) >= 11 is 6.62. The van der Waals surface area contributed by atoms with Crippen LogP contribution in [0.5, 0.6) is 0 Å². The number of piperazine rings is 1. The first-order chi connectivity index (χ1) is 17.0. The van der Waals surface area contributed by atoms with E-state index in [0.29, 0.717) is 30.6 Å². The smallest absolute Gasteiger partial charge is 0.305 e. The van der Waals surface area contributed by atoms with Crippen molar-refractivity contribution in [1.82, 2.24) is 9.80 Å². The minimum absolute atomic E-state index is 0.160. The molecule has 35 heavy (non-hydrogen) atoms. The molecule has 0 bridgehead atoms. The number of benzene rings is 2. The number of piperidine rings is 1.